The Morgan fingerprint density at radius 3 is 2.56 bits per heavy atom. The van der Waals surface area contributed by atoms with Crippen molar-refractivity contribution in [1.82, 2.24) is 5.32 Å². The molecule has 0 heterocycles. The zero-order valence-electron chi connectivity index (χ0n) is 15.6. The van der Waals surface area contributed by atoms with E-state index in [0.29, 0.717) is 40.2 Å². The van der Waals surface area contributed by atoms with Crippen molar-refractivity contribution >= 4 is 34.8 Å². The van der Waals surface area contributed by atoms with Crippen molar-refractivity contribution in [2.24, 2.45) is 5.92 Å². The third-order valence-corrected chi connectivity index (χ3v) is 4.00. The summed E-state index contributed by atoms with van der Waals surface area (Å²) in [5.74, 6) is 0.602. The van der Waals surface area contributed by atoms with Crippen molar-refractivity contribution in [2.45, 2.75) is 13.8 Å². The molecule has 0 spiro atoms. The molecule has 27 heavy (non-hydrogen) atoms. The van der Waals surface area contributed by atoms with Crippen LogP contribution in [0.5, 0.6) is 5.75 Å². The molecule has 0 aromatic heterocycles. The molecule has 144 valence electrons. The van der Waals surface area contributed by atoms with E-state index in [0.717, 1.165) is 0 Å². The normalized spacial score (nSPS) is 10.4. The second-order valence-corrected chi connectivity index (χ2v) is 6.84. The maximum atomic E-state index is 12.1. The summed E-state index contributed by atoms with van der Waals surface area (Å²) in [6, 6.07) is 12.1. The molecule has 0 saturated carbocycles. The molecule has 2 rings (SSSR count). The smallest absolute Gasteiger partial charge is 0.252 e. The average molecular weight is 390 g/mol. The Morgan fingerprint density at radius 1 is 1.11 bits per heavy atom. The lowest BCUT2D eigenvalue weighted by atomic mass is 10.1. The van der Waals surface area contributed by atoms with E-state index in [9.17, 15) is 9.59 Å². The van der Waals surface area contributed by atoms with Crippen LogP contribution < -0.4 is 20.7 Å². The predicted octanol–water partition coefficient (Wildman–Crippen LogP) is 3.79. The highest BCUT2D eigenvalue weighted by atomic mass is 35.5. The van der Waals surface area contributed by atoms with Gasteiger partial charge in [0.25, 0.3) is 5.91 Å². The molecule has 2 amide bonds. The van der Waals surface area contributed by atoms with Gasteiger partial charge >= 0.3 is 0 Å². The summed E-state index contributed by atoms with van der Waals surface area (Å²) in [4.78, 5) is 24.2. The fraction of sp³-hybridized carbons (Fsp3) is 0.300. The minimum atomic E-state index is -0.212. The van der Waals surface area contributed by atoms with Crippen molar-refractivity contribution in [3.8, 4) is 5.75 Å². The number of methoxy groups -OCH3 is 1. The minimum absolute atomic E-state index is 0.0619. The quantitative estimate of drug-likeness (QED) is 0.641. The number of halogens is 1. The molecule has 0 unspecified atom stereocenters. The van der Waals surface area contributed by atoms with Gasteiger partial charge < -0.3 is 20.7 Å². The van der Waals surface area contributed by atoms with E-state index in [1.54, 1.807) is 49.6 Å². The minimum Gasteiger partial charge on any atom is -0.497 e. The molecule has 0 atom stereocenters. The lowest BCUT2D eigenvalue weighted by molar-refractivity contribution is -0.114. The number of anilines is 2. The van der Waals surface area contributed by atoms with Gasteiger partial charge in [0.05, 0.1) is 24.2 Å². The van der Waals surface area contributed by atoms with Gasteiger partial charge in [0.1, 0.15) is 5.75 Å². The van der Waals surface area contributed by atoms with Gasteiger partial charge in [-0.15, -0.1) is 0 Å². The molecule has 0 fully saturated rings. The van der Waals surface area contributed by atoms with Crippen LogP contribution in [0.3, 0.4) is 0 Å². The Kier molecular flexibility index (Phi) is 7.49. The molecule has 2 aromatic carbocycles. The summed E-state index contributed by atoms with van der Waals surface area (Å²) in [5.41, 5.74) is 1.71. The highest BCUT2D eigenvalue weighted by Crippen LogP contribution is 2.21. The second kappa shape index (κ2) is 9.83. The summed E-state index contributed by atoms with van der Waals surface area (Å²) in [6.45, 7) is 4.68. The monoisotopic (exact) mass is 389 g/mol. The summed E-state index contributed by atoms with van der Waals surface area (Å²) in [5, 5.41) is 8.93. The molecule has 0 bridgehead atoms. The standard InChI is InChI=1S/C20H24ClN3O3/c1-13(2)11-23-20(26)17-8-7-14(10-18(17)21)22-12-19(25)24-15-5-4-6-16(9-15)27-3/h4-10,13,22H,11-12H2,1-3H3,(H,23,26)(H,24,25). The molecular weight excluding hydrogens is 366 g/mol. The van der Waals surface area contributed by atoms with E-state index in [2.05, 4.69) is 16.0 Å². The number of ether oxygens (including phenoxy) is 1. The lowest BCUT2D eigenvalue weighted by Gasteiger charge is -2.11. The van der Waals surface area contributed by atoms with E-state index >= 15 is 0 Å². The van der Waals surface area contributed by atoms with Crippen LogP contribution in [-0.4, -0.2) is 32.0 Å². The first-order valence-corrected chi connectivity index (χ1v) is 9.02. The summed E-state index contributed by atoms with van der Waals surface area (Å²) < 4.78 is 5.13. The van der Waals surface area contributed by atoms with Crippen LogP contribution >= 0.6 is 11.6 Å². The third-order valence-electron chi connectivity index (χ3n) is 3.69. The zero-order chi connectivity index (χ0) is 19.8. The van der Waals surface area contributed by atoms with Gasteiger partial charge in [-0.2, -0.15) is 0 Å². The summed E-state index contributed by atoms with van der Waals surface area (Å²) in [6.07, 6.45) is 0. The van der Waals surface area contributed by atoms with E-state index < -0.39 is 0 Å². The van der Waals surface area contributed by atoms with Gasteiger partial charge in [-0.05, 0) is 36.2 Å². The first-order valence-electron chi connectivity index (χ1n) is 8.64. The second-order valence-electron chi connectivity index (χ2n) is 6.43. The Labute approximate surface area is 164 Å². The van der Waals surface area contributed by atoms with E-state index in [1.807, 2.05) is 13.8 Å². The number of hydrogen-bond donors (Lipinski definition) is 3. The van der Waals surface area contributed by atoms with Gasteiger partial charge in [-0.1, -0.05) is 31.5 Å². The highest BCUT2D eigenvalue weighted by molar-refractivity contribution is 6.34. The van der Waals surface area contributed by atoms with E-state index in [4.69, 9.17) is 16.3 Å². The number of rotatable bonds is 8. The SMILES string of the molecule is COc1cccc(NC(=O)CNc2ccc(C(=O)NCC(C)C)c(Cl)c2)c1. The van der Waals surface area contributed by atoms with Crippen LogP contribution in [-0.2, 0) is 4.79 Å². The number of carbonyl (C=O) groups excluding carboxylic acids is 2. The topological polar surface area (TPSA) is 79.5 Å². The molecule has 0 radical (unpaired) electrons. The third kappa shape index (κ3) is 6.49. The van der Waals surface area contributed by atoms with Gasteiger partial charge in [-0.25, -0.2) is 0 Å². The largest absolute Gasteiger partial charge is 0.497 e. The fourth-order valence-corrected chi connectivity index (χ4v) is 2.56. The summed E-state index contributed by atoms with van der Waals surface area (Å²) >= 11 is 6.20. The number of amides is 2. The number of carbonyl (C=O) groups is 2. The number of hydrogen-bond acceptors (Lipinski definition) is 4. The van der Waals surface area contributed by atoms with Gasteiger partial charge in [0.15, 0.2) is 0 Å². The van der Waals surface area contributed by atoms with Crippen LogP contribution in [0, 0.1) is 5.92 Å². The Bertz CT molecular complexity index is 809. The highest BCUT2D eigenvalue weighted by Gasteiger charge is 2.11. The van der Waals surface area contributed by atoms with Crippen molar-refractivity contribution in [3.05, 3.63) is 53.1 Å². The zero-order valence-corrected chi connectivity index (χ0v) is 16.4. The predicted molar refractivity (Wildman–Crippen MR) is 109 cm³/mol. The summed E-state index contributed by atoms with van der Waals surface area (Å²) in [7, 11) is 1.57. The van der Waals surface area contributed by atoms with Crippen molar-refractivity contribution in [1.29, 1.82) is 0 Å². The first-order chi connectivity index (χ1) is 12.9. The van der Waals surface area contributed by atoms with E-state index in [-0.39, 0.29) is 18.4 Å². The molecule has 2 aromatic rings. The van der Waals surface area contributed by atoms with Crippen molar-refractivity contribution in [3.63, 3.8) is 0 Å². The molecule has 0 saturated heterocycles. The van der Waals surface area contributed by atoms with Crippen LogP contribution in [0.4, 0.5) is 11.4 Å². The molecule has 7 heteroatoms. The molecule has 3 N–H and O–H groups in total. The molecule has 0 aliphatic heterocycles. The van der Waals surface area contributed by atoms with Crippen molar-refractivity contribution < 1.29 is 14.3 Å². The van der Waals surface area contributed by atoms with Gasteiger partial charge in [0.2, 0.25) is 5.91 Å². The lowest BCUT2D eigenvalue weighted by Crippen LogP contribution is -2.27. The number of benzene rings is 2. The Balaban J connectivity index is 1.90. The maximum absolute atomic E-state index is 12.1. The maximum Gasteiger partial charge on any atom is 0.252 e. The van der Waals surface area contributed by atoms with Crippen LogP contribution in [0.25, 0.3) is 0 Å². The van der Waals surface area contributed by atoms with Crippen LogP contribution in [0.2, 0.25) is 5.02 Å². The molecule has 0 aliphatic rings. The Hall–Kier alpha value is -2.73. The van der Waals surface area contributed by atoms with Crippen LogP contribution in [0.1, 0.15) is 24.2 Å². The Morgan fingerprint density at radius 2 is 1.89 bits per heavy atom. The van der Waals surface area contributed by atoms with Gasteiger partial charge in [-0.3, -0.25) is 9.59 Å². The fourth-order valence-electron chi connectivity index (χ4n) is 2.29. The molecular formula is C20H24ClN3O3. The van der Waals surface area contributed by atoms with Gasteiger partial charge in [0, 0.05) is 24.0 Å². The molecule has 0 aliphatic carbocycles. The number of nitrogens with one attached hydrogen (secondary N) is 3. The van der Waals surface area contributed by atoms with E-state index in [1.165, 1.54) is 0 Å². The first kappa shape index (κ1) is 20.6. The van der Waals surface area contributed by atoms with Crippen molar-refractivity contribution in [2.75, 3.05) is 30.8 Å². The molecule has 6 nitrogen and oxygen atoms in total. The van der Waals surface area contributed by atoms with Crippen LogP contribution in [0.15, 0.2) is 42.5 Å². The average Bonchev–Trinajstić information content (AvgIpc) is 2.64.